The molecule has 0 amide bonds. The second-order valence-corrected chi connectivity index (χ2v) is 6.95. The molecule has 2 aromatic heterocycles. The van der Waals surface area contributed by atoms with Gasteiger partial charge in [0.25, 0.3) is 0 Å². The summed E-state index contributed by atoms with van der Waals surface area (Å²) in [5.41, 5.74) is 1.88. The minimum Gasteiger partial charge on any atom is -0.772 e. The van der Waals surface area contributed by atoms with Crippen LogP contribution in [0, 0.1) is 0 Å². The average molecular weight is 377 g/mol. The minimum atomic E-state index is -2.29. The number of esters is 1. The van der Waals surface area contributed by atoms with E-state index in [1.54, 1.807) is 19.2 Å². The molecule has 0 aliphatic carbocycles. The first-order valence-corrected chi connectivity index (χ1v) is 9.21. The van der Waals surface area contributed by atoms with Crippen molar-refractivity contribution in [3.05, 3.63) is 36.3 Å². The van der Waals surface area contributed by atoms with E-state index in [0.29, 0.717) is 26.6 Å². The molecule has 3 rings (SSSR count). The van der Waals surface area contributed by atoms with E-state index in [1.807, 2.05) is 12.1 Å². The summed E-state index contributed by atoms with van der Waals surface area (Å²) < 4.78 is 33.1. The lowest BCUT2D eigenvalue weighted by Gasteiger charge is -2.07. The van der Waals surface area contributed by atoms with Gasteiger partial charge in [0.05, 0.1) is 28.6 Å². The number of hydrogen-bond acceptors (Lipinski definition) is 8. The van der Waals surface area contributed by atoms with Gasteiger partial charge in [-0.05, 0) is 28.8 Å². The van der Waals surface area contributed by atoms with E-state index in [9.17, 15) is 13.6 Å². The zero-order chi connectivity index (χ0) is 18.0. The summed E-state index contributed by atoms with van der Waals surface area (Å²) in [4.78, 5) is 19.8. The van der Waals surface area contributed by atoms with Crippen LogP contribution >= 0.6 is 11.3 Å². The van der Waals surface area contributed by atoms with Crippen LogP contribution in [0.5, 0.6) is 10.8 Å². The van der Waals surface area contributed by atoms with Gasteiger partial charge in [-0.2, -0.15) is 0 Å². The summed E-state index contributed by atoms with van der Waals surface area (Å²) >= 11 is -1.07. The zero-order valence-corrected chi connectivity index (χ0v) is 15.0. The fourth-order valence-electron chi connectivity index (χ4n) is 2.32. The molecule has 0 bridgehead atoms. The maximum Gasteiger partial charge on any atom is 0.308 e. The van der Waals surface area contributed by atoms with Gasteiger partial charge in [-0.25, -0.2) is 9.97 Å². The first kappa shape index (κ1) is 17.5. The molecule has 1 unspecified atom stereocenters. The first-order valence-electron chi connectivity index (χ1n) is 7.15. The van der Waals surface area contributed by atoms with Crippen molar-refractivity contribution in [3.8, 4) is 21.9 Å². The number of methoxy groups -OCH3 is 1. The molecule has 1 atom stereocenters. The third kappa shape index (κ3) is 3.84. The molecular weight excluding hydrogens is 364 g/mol. The van der Waals surface area contributed by atoms with Crippen LogP contribution in [0.2, 0.25) is 0 Å². The molecule has 130 valence electrons. The van der Waals surface area contributed by atoms with Crippen molar-refractivity contribution in [3.63, 3.8) is 0 Å². The Kier molecular flexibility index (Phi) is 5.07. The number of carbonyl (C=O) groups is 1. The van der Waals surface area contributed by atoms with Crippen molar-refractivity contribution in [2.75, 3.05) is 7.11 Å². The van der Waals surface area contributed by atoms with E-state index < -0.39 is 17.0 Å². The fraction of sp³-hybridized carbons (Fsp3) is 0.188. The number of aromatic nitrogens is 2. The lowest BCUT2D eigenvalue weighted by molar-refractivity contribution is -0.131. The summed E-state index contributed by atoms with van der Waals surface area (Å²) in [5, 5.41) is 0.380. The van der Waals surface area contributed by atoms with Gasteiger partial charge in [0.15, 0.2) is 5.06 Å². The zero-order valence-electron chi connectivity index (χ0n) is 13.3. The molecule has 0 aliphatic rings. The van der Waals surface area contributed by atoms with Gasteiger partial charge in [0.1, 0.15) is 11.6 Å². The van der Waals surface area contributed by atoms with E-state index in [4.69, 9.17) is 9.47 Å². The van der Waals surface area contributed by atoms with Crippen molar-refractivity contribution in [2.24, 2.45) is 0 Å². The van der Waals surface area contributed by atoms with Crippen LogP contribution in [0.4, 0.5) is 0 Å². The van der Waals surface area contributed by atoms with Gasteiger partial charge in [0, 0.05) is 13.1 Å². The topological polar surface area (TPSA) is 101 Å². The Morgan fingerprint density at radius 3 is 2.88 bits per heavy atom. The lowest BCUT2D eigenvalue weighted by Crippen LogP contribution is -2.01. The number of rotatable bonds is 5. The number of benzene rings is 1. The lowest BCUT2D eigenvalue weighted by atomic mass is 10.1. The number of carbonyl (C=O) groups excluding carboxylic acids is 1. The molecule has 0 aliphatic heterocycles. The summed E-state index contributed by atoms with van der Waals surface area (Å²) in [5.74, 6) is 0.0777. The smallest absolute Gasteiger partial charge is 0.308 e. The Bertz CT molecular complexity index is 970. The molecule has 0 saturated carbocycles. The van der Waals surface area contributed by atoms with E-state index in [1.165, 1.54) is 24.5 Å². The molecule has 0 fully saturated rings. The molecule has 0 saturated heterocycles. The van der Waals surface area contributed by atoms with Gasteiger partial charge < -0.3 is 14.0 Å². The largest absolute Gasteiger partial charge is 0.772 e. The fourth-order valence-corrected chi connectivity index (χ4v) is 3.69. The van der Waals surface area contributed by atoms with Crippen LogP contribution < -0.4 is 9.47 Å². The number of thiophene rings is 1. The van der Waals surface area contributed by atoms with E-state index in [2.05, 4.69) is 9.97 Å². The summed E-state index contributed by atoms with van der Waals surface area (Å²) in [7, 11) is 1.56. The highest BCUT2D eigenvalue weighted by atomic mass is 32.2. The van der Waals surface area contributed by atoms with Crippen molar-refractivity contribution < 1.29 is 23.0 Å². The van der Waals surface area contributed by atoms with Gasteiger partial charge in [-0.15, -0.1) is 0 Å². The normalized spacial score (nSPS) is 12.1. The van der Waals surface area contributed by atoms with Crippen molar-refractivity contribution in [1.29, 1.82) is 0 Å². The standard InChI is InChI=1S/C16H14N2O5S2/c1-9(19)23-16-14(10-4-3-5-11(6-10)22-2)15-12(24-16)7-17-13(18-15)8-25(20)21/h3-7H,8H2,1-2H3,(H,20,21)/p-1. The quantitative estimate of drug-likeness (QED) is 0.497. The highest BCUT2D eigenvalue weighted by Crippen LogP contribution is 2.44. The van der Waals surface area contributed by atoms with Gasteiger partial charge in [0.2, 0.25) is 0 Å². The van der Waals surface area contributed by atoms with Crippen LogP contribution in [0.25, 0.3) is 21.3 Å². The van der Waals surface area contributed by atoms with Crippen molar-refractivity contribution in [2.45, 2.75) is 12.7 Å². The van der Waals surface area contributed by atoms with Gasteiger partial charge in [-0.1, -0.05) is 23.5 Å². The third-order valence-corrected chi connectivity index (χ3v) is 4.78. The van der Waals surface area contributed by atoms with E-state index in [-0.39, 0.29) is 11.6 Å². The Morgan fingerprint density at radius 2 is 2.20 bits per heavy atom. The molecule has 7 nitrogen and oxygen atoms in total. The van der Waals surface area contributed by atoms with Crippen molar-refractivity contribution >= 4 is 38.6 Å². The Hall–Kier alpha value is -2.36. The molecule has 3 aromatic rings. The highest BCUT2D eigenvalue weighted by molar-refractivity contribution is 7.78. The van der Waals surface area contributed by atoms with Gasteiger partial charge in [-0.3, -0.25) is 9.00 Å². The summed E-state index contributed by atoms with van der Waals surface area (Å²) in [6, 6.07) is 7.24. The number of hydrogen-bond donors (Lipinski definition) is 0. The molecule has 0 N–H and O–H groups in total. The number of nitrogens with zero attached hydrogens (tertiary/aromatic N) is 2. The summed E-state index contributed by atoms with van der Waals surface area (Å²) in [6.45, 7) is 1.32. The molecule has 0 radical (unpaired) electrons. The Labute approximate surface area is 149 Å². The maximum atomic E-state index is 11.5. The molecule has 2 heterocycles. The predicted molar refractivity (Wildman–Crippen MR) is 93.3 cm³/mol. The second-order valence-electron chi connectivity index (χ2n) is 5.04. The minimum absolute atomic E-state index is 0.178. The van der Waals surface area contributed by atoms with Crippen LogP contribution in [0.3, 0.4) is 0 Å². The van der Waals surface area contributed by atoms with Gasteiger partial charge >= 0.3 is 5.97 Å². The monoisotopic (exact) mass is 377 g/mol. The van der Waals surface area contributed by atoms with Crippen LogP contribution in [-0.2, 0) is 21.6 Å². The van der Waals surface area contributed by atoms with Crippen LogP contribution in [-0.4, -0.2) is 31.8 Å². The molecule has 1 aromatic carbocycles. The second kappa shape index (κ2) is 7.26. The Balaban J connectivity index is 2.23. The number of ether oxygens (including phenoxy) is 2. The van der Waals surface area contributed by atoms with Crippen LogP contribution in [0.1, 0.15) is 12.7 Å². The average Bonchev–Trinajstić information content (AvgIpc) is 2.90. The van der Waals surface area contributed by atoms with Crippen molar-refractivity contribution in [1.82, 2.24) is 9.97 Å². The highest BCUT2D eigenvalue weighted by Gasteiger charge is 2.19. The van der Waals surface area contributed by atoms with E-state index in [0.717, 1.165) is 5.56 Å². The predicted octanol–water partition coefficient (Wildman–Crippen LogP) is 2.67. The molecular formula is C16H13N2O5S2-. The summed E-state index contributed by atoms with van der Waals surface area (Å²) in [6.07, 6.45) is 1.53. The molecule has 9 heteroatoms. The SMILES string of the molecule is COc1cccc(-c2c(OC(C)=O)sc3cnc(CS(=O)[O-])nc23)c1. The first-order chi connectivity index (χ1) is 12.0. The third-order valence-electron chi connectivity index (χ3n) is 3.29. The maximum absolute atomic E-state index is 11.5. The molecule has 25 heavy (non-hydrogen) atoms. The Morgan fingerprint density at radius 1 is 1.40 bits per heavy atom. The van der Waals surface area contributed by atoms with Crippen LogP contribution in [0.15, 0.2) is 30.5 Å². The number of fused-ring (bicyclic) bond motifs is 1. The molecule has 0 spiro atoms. The van der Waals surface area contributed by atoms with E-state index >= 15 is 0 Å².